The van der Waals surface area contributed by atoms with Crippen LogP contribution in [0, 0.1) is 0 Å². The van der Waals surface area contributed by atoms with E-state index in [1.807, 2.05) is 36.4 Å². The van der Waals surface area contributed by atoms with Gasteiger partial charge in [-0.15, -0.1) is 0 Å². The molecular formula is C20H19N5O. The zero-order valence-electron chi connectivity index (χ0n) is 14.2. The van der Waals surface area contributed by atoms with Gasteiger partial charge in [-0.25, -0.2) is 9.97 Å². The van der Waals surface area contributed by atoms with Crippen LogP contribution >= 0.6 is 0 Å². The second-order valence-corrected chi connectivity index (χ2v) is 6.51. The van der Waals surface area contributed by atoms with E-state index in [0.717, 1.165) is 36.1 Å². The highest BCUT2D eigenvalue weighted by Crippen LogP contribution is 2.44. The molecule has 3 aromatic rings. The quantitative estimate of drug-likeness (QED) is 0.757. The van der Waals surface area contributed by atoms with Crippen molar-refractivity contribution in [3.8, 4) is 11.3 Å². The maximum absolute atomic E-state index is 12.9. The zero-order chi connectivity index (χ0) is 18.0. The van der Waals surface area contributed by atoms with Crippen LogP contribution < -0.4 is 11.1 Å². The van der Waals surface area contributed by atoms with Gasteiger partial charge < -0.3 is 11.1 Å². The third kappa shape index (κ3) is 2.90. The highest BCUT2D eigenvalue weighted by molar-refractivity contribution is 5.99. The Morgan fingerprint density at radius 3 is 2.38 bits per heavy atom. The highest BCUT2D eigenvalue weighted by Gasteiger charge is 2.45. The van der Waals surface area contributed by atoms with Crippen molar-refractivity contribution >= 4 is 17.5 Å². The third-order valence-corrected chi connectivity index (χ3v) is 4.95. The molecule has 4 rings (SSSR count). The lowest BCUT2D eigenvalue weighted by atomic mass is 9.63. The van der Waals surface area contributed by atoms with Crippen LogP contribution in [-0.2, 0) is 10.2 Å². The van der Waals surface area contributed by atoms with E-state index >= 15 is 0 Å². The lowest BCUT2D eigenvalue weighted by molar-refractivity contribution is -0.124. The molecule has 1 saturated carbocycles. The summed E-state index contributed by atoms with van der Waals surface area (Å²) in [4.78, 5) is 25.5. The molecule has 26 heavy (non-hydrogen) atoms. The van der Waals surface area contributed by atoms with Crippen molar-refractivity contribution in [3.63, 3.8) is 0 Å². The molecule has 130 valence electrons. The summed E-state index contributed by atoms with van der Waals surface area (Å²) in [6.07, 6.45) is 7.58. The van der Waals surface area contributed by atoms with Gasteiger partial charge in [-0.3, -0.25) is 9.78 Å². The number of aromatic nitrogens is 3. The molecule has 6 nitrogen and oxygen atoms in total. The average molecular weight is 345 g/mol. The summed E-state index contributed by atoms with van der Waals surface area (Å²) < 4.78 is 0. The largest absolute Gasteiger partial charge is 0.382 e. The Kier molecular flexibility index (Phi) is 4.08. The van der Waals surface area contributed by atoms with E-state index in [0.29, 0.717) is 11.6 Å². The van der Waals surface area contributed by atoms with Gasteiger partial charge in [0.15, 0.2) is 0 Å². The second-order valence-electron chi connectivity index (χ2n) is 6.51. The van der Waals surface area contributed by atoms with Crippen LogP contribution in [0.4, 0.5) is 11.6 Å². The predicted molar refractivity (Wildman–Crippen MR) is 100 cm³/mol. The molecule has 0 atom stereocenters. The lowest BCUT2D eigenvalue weighted by Crippen LogP contribution is -2.46. The van der Waals surface area contributed by atoms with Gasteiger partial charge in [0.05, 0.1) is 23.5 Å². The number of hydrogen-bond acceptors (Lipinski definition) is 5. The van der Waals surface area contributed by atoms with E-state index in [1.54, 1.807) is 18.5 Å². The number of carbonyl (C=O) groups excluding carboxylic acids is 1. The predicted octanol–water partition coefficient (Wildman–Crippen LogP) is 3.18. The van der Waals surface area contributed by atoms with Crippen LogP contribution in [0.15, 0.2) is 61.1 Å². The van der Waals surface area contributed by atoms with Gasteiger partial charge in [0.1, 0.15) is 11.6 Å². The van der Waals surface area contributed by atoms with Crippen LogP contribution in [0.3, 0.4) is 0 Å². The van der Waals surface area contributed by atoms with Gasteiger partial charge in [0.25, 0.3) is 0 Å². The molecule has 0 aliphatic heterocycles. The summed E-state index contributed by atoms with van der Waals surface area (Å²) in [6, 6.07) is 13.4. The Bertz CT molecular complexity index is 903. The molecule has 0 spiro atoms. The Hall–Kier alpha value is -3.28. The molecule has 1 aliphatic rings. The Balaban J connectivity index is 1.58. The summed E-state index contributed by atoms with van der Waals surface area (Å²) in [5.41, 5.74) is 7.82. The molecule has 1 fully saturated rings. The van der Waals surface area contributed by atoms with Crippen molar-refractivity contribution in [2.75, 3.05) is 11.1 Å². The van der Waals surface area contributed by atoms with Crippen LogP contribution in [0.25, 0.3) is 11.3 Å². The first-order valence-corrected chi connectivity index (χ1v) is 8.58. The fourth-order valence-electron chi connectivity index (χ4n) is 3.30. The van der Waals surface area contributed by atoms with Gasteiger partial charge in [-0.05, 0) is 30.5 Å². The molecule has 3 N–H and O–H groups in total. The summed E-state index contributed by atoms with van der Waals surface area (Å²) in [7, 11) is 0. The topological polar surface area (TPSA) is 93.8 Å². The highest BCUT2D eigenvalue weighted by atomic mass is 16.2. The van der Waals surface area contributed by atoms with Crippen molar-refractivity contribution in [3.05, 3.63) is 66.6 Å². The number of rotatable bonds is 4. The number of benzene rings is 1. The number of amides is 1. The molecule has 1 amide bonds. The van der Waals surface area contributed by atoms with Crippen LogP contribution in [-0.4, -0.2) is 20.9 Å². The van der Waals surface area contributed by atoms with E-state index in [1.165, 1.54) is 6.20 Å². The van der Waals surface area contributed by atoms with Crippen molar-refractivity contribution in [1.82, 2.24) is 15.0 Å². The van der Waals surface area contributed by atoms with Crippen LogP contribution in [0.5, 0.6) is 0 Å². The first-order valence-electron chi connectivity index (χ1n) is 8.58. The fraction of sp³-hybridized carbons (Fsp3) is 0.200. The van der Waals surface area contributed by atoms with Crippen LogP contribution in [0.2, 0.25) is 0 Å². The monoisotopic (exact) mass is 345 g/mol. The molecule has 1 aromatic carbocycles. The number of nitrogens with one attached hydrogen (secondary N) is 1. The van der Waals surface area contributed by atoms with Crippen LogP contribution in [0.1, 0.15) is 24.8 Å². The molecule has 1 aliphatic carbocycles. The molecule has 0 saturated heterocycles. The van der Waals surface area contributed by atoms with Gasteiger partial charge in [-0.1, -0.05) is 36.8 Å². The first kappa shape index (κ1) is 16.2. The molecule has 6 heteroatoms. The third-order valence-electron chi connectivity index (χ3n) is 4.95. The van der Waals surface area contributed by atoms with Gasteiger partial charge in [0.2, 0.25) is 5.91 Å². The summed E-state index contributed by atoms with van der Waals surface area (Å²) in [5.74, 6) is 0.977. The van der Waals surface area contributed by atoms with E-state index in [9.17, 15) is 4.79 Å². The standard InChI is InChI=1S/C20H19N5O/c21-17-13-23-16(12-24-17)14-5-7-15(8-6-14)20(9-3-10-20)19(26)25-18-4-1-2-11-22-18/h1-2,4-8,11-13H,3,9-10H2,(H2,21,24)(H,22,25,26). The summed E-state index contributed by atoms with van der Waals surface area (Å²) in [5, 5.41) is 2.95. The van der Waals surface area contributed by atoms with Crippen molar-refractivity contribution in [1.29, 1.82) is 0 Å². The fourth-order valence-corrected chi connectivity index (χ4v) is 3.30. The van der Waals surface area contributed by atoms with E-state index < -0.39 is 5.41 Å². The van der Waals surface area contributed by atoms with Gasteiger partial charge in [0, 0.05) is 11.8 Å². The molecule has 2 heterocycles. The average Bonchev–Trinajstić information content (AvgIpc) is 2.63. The van der Waals surface area contributed by atoms with Gasteiger partial charge >= 0.3 is 0 Å². The number of hydrogen-bond donors (Lipinski definition) is 2. The SMILES string of the molecule is Nc1cnc(-c2ccc(C3(C(=O)Nc4ccccn4)CCC3)cc2)cn1. The lowest BCUT2D eigenvalue weighted by Gasteiger charge is -2.40. The van der Waals surface area contributed by atoms with Gasteiger partial charge in [-0.2, -0.15) is 0 Å². The molecule has 2 aromatic heterocycles. The molecule has 0 bridgehead atoms. The Morgan fingerprint density at radius 1 is 1.00 bits per heavy atom. The summed E-state index contributed by atoms with van der Waals surface area (Å²) >= 11 is 0. The number of anilines is 2. The Labute approximate surface area is 151 Å². The van der Waals surface area contributed by atoms with Crippen molar-refractivity contribution in [2.45, 2.75) is 24.7 Å². The number of nitrogens with zero attached hydrogens (tertiary/aromatic N) is 3. The second kappa shape index (κ2) is 6.55. The number of carbonyl (C=O) groups is 1. The maximum Gasteiger partial charge on any atom is 0.236 e. The Morgan fingerprint density at radius 2 is 1.81 bits per heavy atom. The molecule has 0 unspecified atom stereocenters. The minimum absolute atomic E-state index is 0.00229. The van der Waals surface area contributed by atoms with Crippen molar-refractivity contribution < 1.29 is 4.79 Å². The maximum atomic E-state index is 12.9. The smallest absolute Gasteiger partial charge is 0.236 e. The van der Waals surface area contributed by atoms with E-state index in [2.05, 4.69) is 20.3 Å². The zero-order valence-corrected chi connectivity index (χ0v) is 14.2. The number of nitrogen functional groups attached to an aromatic ring is 1. The molecular weight excluding hydrogens is 326 g/mol. The van der Waals surface area contributed by atoms with E-state index in [-0.39, 0.29) is 5.91 Å². The molecule has 0 radical (unpaired) electrons. The minimum atomic E-state index is -0.483. The van der Waals surface area contributed by atoms with Crippen molar-refractivity contribution in [2.24, 2.45) is 0 Å². The summed E-state index contributed by atoms with van der Waals surface area (Å²) in [6.45, 7) is 0. The minimum Gasteiger partial charge on any atom is -0.382 e. The number of nitrogens with two attached hydrogens (primary N) is 1. The van der Waals surface area contributed by atoms with E-state index in [4.69, 9.17) is 5.73 Å². The normalized spacial score (nSPS) is 15.1. The first-order chi connectivity index (χ1) is 12.7. The number of pyridine rings is 1.